The lowest BCUT2D eigenvalue weighted by Crippen LogP contribution is -2.33. The average molecular weight is 327 g/mol. The largest absolute Gasteiger partial charge is 0.429 e. The van der Waals surface area contributed by atoms with E-state index >= 15 is 0 Å². The van der Waals surface area contributed by atoms with E-state index in [1.54, 1.807) is 18.2 Å². The third kappa shape index (κ3) is 7.21. The summed E-state index contributed by atoms with van der Waals surface area (Å²) in [5.41, 5.74) is 0.247. The molecule has 0 saturated heterocycles. The third-order valence-electron chi connectivity index (χ3n) is 2.95. The minimum atomic E-state index is -3.96. The van der Waals surface area contributed by atoms with Crippen LogP contribution in [0.1, 0.15) is 49.4 Å². The van der Waals surface area contributed by atoms with Gasteiger partial charge in [-0.1, -0.05) is 50.8 Å². The van der Waals surface area contributed by atoms with Crippen LogP contribution in [-0.4, -0.2) is 26.2 Å². The molecule has 6 nitrogen and oxygen atoms in total. The van der Waals surface area contributed by atoms with Crippen LogP contribution in [0.15, 0.2) is 30.3 Å². The van der Waals surface area contributed by atoms with Gasteiger partial charge in [0.15, 0.2) is 0 Å². The molecular formula is C15H21NO5S. The standard InChI is InChI=1S/C15H21NO5S/c1-2-3-4-5-9-12-22(19,20)21-15(18)16-14(17)13-10-7-6-8-11-13/h6-8,10-11H,2-5,9,12H2,1H3,(H,16,17,18). The molecule has 22 heavy (non-hydrogen) atoms. The smallest absolute Gasteiger partial charge is 0.328 e. The Balaban J connectivity index is 2.38. The molecule has 0 aliphatic rings. The van der Waals surface area contributed by atoms with Crippen molar-refractivity contribution >= 4 is 22.1 Å². The molecule has 0 aliphatic carbocycles. The maximum Gasteiger partial charge on any atom is 0.429 e. The second-order valence-corrected chi connectivity index (χ2v) is 6.56. The highest BCUT2D eigenvalue weighted by molar-refractivity contribution is 7.87. The molecule has 0 unspecified atom stereocenters. The van der Waals surface area contributed by atoms with E-state index in [2.05, 4.69) is 11.1 Å². The highest BCUT2D eigenvalue weighted by Gasteiger charge is 2.19. The minimum Gasteiger partial charge on any atom is -0.328 e. The molecule has 0 radical (unpaired) electrons. The minimum absolute atomic E-state index is 0.232. The number of benzene rings is 1. The molecule has 0 spiro atoms. The molecule has 0 aliphatic heterocycles. The zero-order chi connectivity index (χ0) is 16.4. The van der Waals surface area contributed by atoms with Gasteiger partial charge in [-0.05, 0) is 18.6 Å². The molecule has 1 N–H and O–H groups in total. The van der Waals surface area contributed by atoms with Crippen molar-refractivity contribution in [2.75, 3.05) is 5.75 Å². The maximum atomic E-state index is 11.7. The molecule has 1 aromatic carbocycles. The first-order chi connectivity index (χ1) is 10.4. The first-order valence-electron chi connectivity index (χ1n) is 7.27. The van der Waals surface area contributed by atoms with Gasteiger partial charge in [0, 0.05) is 5.56 Å². The fraction of sp³-hybridized carbons (Fsp3) is 0.467. The van der Waals surface area contributed by atoms with E-state index in [-0.39, 0.29) is 11.3 Å². The van der Waals surface area contributed by atoms with Crippen LogP contribution < -0.4 is 5.32 Å². The van der Waals surface area contributed by atoms with E-state index in [1.807, 2.05) is 5.32 Å². The Labute approximate surface area is 131 Å². The van der Waals surface area contributed by atoms with Crippen LogP contribution in [0.3, 0.4) is 0 Å². The van der Waals surface area contributed by atoms with Gasteiger partial charge < -0.3 is 4.18 Å². The van der Waals surface area contributed by atoms with Gasteiger partial charge in [-0.2, -0.15) is 8.42 Å². The van der Waals surface area contributed by atoms with Crippen molar-refractivity contribution in [2.45, 2.75) is 39.0 Å². The fourth-order valence-corrected chi connectivity index (χ4v) is 2.73. The first kappa shape index (κ1) is 18.2. The Hall–Kier alpha value is -1.89. The quantitative estimate of drug-likeness (QED) is 0.586. The van der Waals surface area contributed by atoms with Gasteiger partial charge in [-0.3, -0.25) is 10.1 Å². The van der Waals surface area contributed by atoms with E-state index in [0.717, 1.165) is 25.7 Å². The lowest BCUT2D eigenvalue weighted by molar-refractivity contribution is 0.0952. The summed E-state index contributed by atoms with van der Waals surface area (Å²) in [6, 6.07) is 7.99. The molecule has 0 fully saturated rings. The number of amides is 2. The van der Waals surface area contributed by atoms with Crippen LogP contribution in [-0.2, 0) is 14.3 Å². The molecule has 1 rings (SSSR count). The summed E-state index contributed by atoms with van der Waals surface area (Å²) in [6.45, 7) is 2.06. The Morgan fingerprint density at radius 2 is 1.68 bits per heavy atom. The van der Waals surface area contributed by atoms with Crippen LogP contribution in [0.2, 0.25) is 0 Å². The van der Waals surface area contributed by atoms with Crippen LogP contribution in [0.25, 0.3) is 0 Å². The molecule has 2 amide bonds. The van der Waals surface area contributed by atoms with Crippen LogP contribution in [0, 0.1) is 0 Å². The topological polar surface area (TPSA) is 89.5 Å². The van der Waals surface area contributed by atoms with Gasteiger partial charge in [0.05, 0.1) is 5.75 Å². The van der Waals surface area contributed by atoms with Crippen molar-refractivity contribution in [1.29, 1.82) is 0 Å². The Morgan fingerprint density at radius 1 is 1.05 bits per heavy atom. The van der Waals surface area contributed by atoms with Crippen molar-refractivity contribution in [3.8, 4) is 0 Å². The van der Waals surface area contributed by atoms with E-state index in [4.69, 9.17) is 0 Å². The van der Waals surface area contributed by atoms with Gasteiger partial charge in [0.1, 0.15) is 0 Å². The van der Waals surface area contributed by atoms with E-state index in [0.29, 0.717) is 6.42 Å². The van der Waals surface area contributed by atoms with Crippen LogP contribution in [0.5, 0.6) is 0 Å². The van der Waals surface area contributed by atoms with Gasteiger partial charge in [0.2, 0.25) is 0 Å². The molecule has 1 aromatic rings. The lowest BCUT2D eigenvalue weighted by Gasteiger charge is -2.06. The van der Waals surface area contributed by atoms with Gasteiger partial charge in [-0.25, -0.2) is 4.79 Å². The molecule has 7 heteroatoms. The van der Waals surface area contributed by atoms with Crippen molar-refractivity contribution in [3.63, 3.8) is 0 Å². The highest BCUT2D eigenvalue weighted by atomic mass is 32.2. The lowest BCUT2D eigenvalue weighted by atomic mass is 10.2. The summed E-state index contributed by atoms with van der Waals surface area (Å²) in [7, 11) is -3.96. The summed E-state index contributed by atoms with van der Waals surface area (Å²) in [5.74, 6) is -0.937. The first-order valence-corrected chi connectivity index (χ1v) is 8.85. The second-order valence-electron chi connectivity index (χ2n) is 4.87. The number of hydrogen-bond donors (Lipinski definition) is 1. The normalized spacial score (nSPS) is 11.0. The molecule has 122 valence electrons. The van der Waals surface area contributed by atoms with Crippen molar-refractivity contribution in [3.05, 3.63) is 35.9 Å². The van der Waals surface area contributed by atoms with Crippen LogP contribution in [0.4, 0.5) is 4.79 Å². The second kappa shape index (κ2) is 9.19. The summed E-state index contributed by atoms with van der Waals surface area (Å²) in [6.07, 6.45) is 2.98. The zero-order valence-corrected chi connectivity index (χ0v) is 13.4. The molecule has 0 bridgehead atoms. The number of unbranched alkanes of at least 4 members (excludes halogenated alkanes) is 4. The number of nitrogens with one attached hydrogen (secondary N) is 1. The van der Waals surface area contributed by atoms with Crippen molar-refractivity contribution < 1.29 is 22.2 Å². The predicted molar refractivity (Wildman–Crippen MR) is 82.9 cm³/mol. The zero-order valence-electron chi connectivity index (χ0n) is 12.6. The van der Waals surface area contributed by atoms with Crippen molar-refractivity contribution in [2.24, 2.45) is 0 Å². The van der Waals surface area contributed by atoms with Gasteiger partial charge >= 0.3 is 16.2 Å². The molecule has 0 atom stereocenters. The fourth-order valence-electron chi connectivity index (χ4n) is 1.81. The summed E-state index contributed by atoms with van der Waals surface area (Å²) < 4.78 is 27.5. The van der Waals surface area contributed by atoms with E-state index in [1.165, 1.54) is 12.1 Å². The predicted octanol–water partition coefficient (Wildman–Crippen LogP) is 2.85. The summed E-state index contributed by atoms with van der Waals surface area (Å²) in [5, 5.41) is 1.88. The van der Waals surface area contributed by atoms with E-state index in [9.17, 15) is 18.0 Å². The molecule has 0 heterocycles. The number of imide groups is 1. The number of hydrogen-bond acceptors (Lipinski definition) is 5. The Morgan fingerprint density at radius 3 is 2.32 bits per heavy atom. The summed E-state index contributed by atoms with van der Waals surface area (Å²) >= 11 is 0. The Bertz CT molecular complexity index is 583. The molecular weight excluding hydrogens is 306 g/mol. The summed E-state index contributed by atoms with van der Waals surface area (Å²) in [4.78, 5) is 23.1. The number of rotatable bonds is 8. The Kier molecular flexibility index (Phi) is 7.59. The van der Waals surface area contributed by atoms with Crippen molar-refractivity contribution in [1.82, 2.24) is 5.32 Å². The van der Waals surface area contributed by atoms with Gasteiger partial charge in [0.25, 0.3) is 5.91 Å². The molecule has 0 saturated carbocycles. The van der Waals surface area contributed by atoms with Gasteiger partial charge in [-0.15, -0.1) is 0 Å². The maximum absolute atomic E-state index is 11.7. The van der Waals surface area contributed by atoms with E-state index < -0.39 is 22.1 Å². The number of carbonyl (C=O) groups is 2. The monoisotopic (exact) mass is 327 g/mol. The number of carbonyl (C=O) groups excluding carboxylic acids is 2. The highest BCUT2D eigenvalue weighted by Crippen LogP contribution is 2.06. The average Bonchev–Trinajstić information content (AvgIpc) is 2.47. The SMILES string of the molecule is CCCCCCCS(=O)(=O)OC(=O)NC(=O)c1ccccc1. The molecule has 0 aromatic heterocycles. The third-order valence-corrected chi connectivity index (χ3v) is 4.15. The van der Waals surface area contributed by atoms with Crippen LogP contribution >= 0.6 is 0 Å².